The summed E-state index contributed by atoms with van der Waals surface area (Å²) in [5.74, 6) is -1.37. The molecule has 1 fully saturated rings. The van der Waals surface area contributed by atoms with E-state index in [2.05, 4.69) is 10.5 Å². The molecule has 166 valence electrons. The molecule has 0 saturated carbocycles. The fourth-order valence-electron chi connectivity index (χ4n) is 3.85. The van der Waals surface area contributed by atoms with Gasteiger partial charge < -0.3 is 5.11 Å². The molecule has 1 aliphatic rings. The third-order valence-electron chi connectivity index (χ3n) is 5.49. The summed E-state index contributed by atoms with van der Waals surface area (Å²) in [6.45, 7) is 3.44. The van der Waals surface area contributed by atoms with Gasteiger partial charge in [0.25, 0.3) is 5.91 Å². The predicted octanol–water partition coefficient (Wildman–Crippen LogP) is 4.98. The molecule has 2 heterocycles. The van der Waals surface area contributed by atoms with Gasteiger partial charge in [-0.1, -0.05) is 41.8 Å². The van der Waals surface area contributed by atoms with Crippen LogP contribution in [0.25, 0.3) is 16.9 Å². The van der Waals surface area contributed by atoms with Crippen LogP contribution in [0.5, 0.6) is 0 Å². The monoisotopic (exact) mass is 472 g/mol. The van der Waals surface area contributed by atoms with Crippen LogP contribution < -0.4 is 5.43 Å². The van der Waals surface area contributed by atoms with E-state index in [4.69, 9.17) is 23.2 Å². The number of carbonyl (C=O) groups excluding carboxylic acids is 1. The second-order valence-electron chi connectivity index (χ2n) is 7.70. The lowest BCUT2D eigenvalue weighted by Crippen LogP contribution is -2.45. The van der Waals surface area contributed by atoms with Gasteiger partial charge in [0, 0.05) is 29.2 Å². The van der Waals surface area contributed by atoms with Gasteiger partial charge in [-0.3, -0.25) is 10.2 Å². The summed E-state index contributed by atoms with van der Waals surface area (Å²) in [4.78, 5) is 24.4. The van der Waals surface area contributed by atoms with E-state index in [9.17, 15) is 14.7 Å². The molecule has 1 aliphatic heterocycles. The number of nitrogens with one attached hydrogen (secondary N) is 1. The van der Waals surface area contributed by atoms with Gasteiger partial charge in [-0.15, -0.1) is 0 Å². The quantitative estimate of drug-likeness (QED) is 0.546. The zero-order valence-corrected chi connectivity index (χ0v) is 19.0. The summed E-state index contributed by atoms with van der Waals surface area (Å²) in [7, 11) is 0. The number of hydrogen-bond acceptors (Lipinski definition) is 4. The molecule has 1 amide bonds. The maximum atomic E-state index is 13.1. The Morgan fingerprint density at radius 2 is 1.72 bits per heavy atom. The lowest BCUT2D eigenvalue weighted by molar-refractivity contribution is 0.0695. The summed E-state index contributed by atoms with van der Waals surface area (Å²) in [6, 6.07) is 11.6. The van der Waals surface area contributed by atoms with E-state index in [1.165, 1.54) is 12.1 Å². The number of amides is 1. The van der Waals surface area contributed by atoms with Gasteiger partial charge in [0.15, 0.2) is 5.69 Å². The van der Waals surface area contributed by atoms with Crippen LogP contribution in [0.1, 0.15) is 45.7 Å². The largest absolute Gasteiger partial charge is 0.478 e. The average Bonchev–Trinajstić information content (AvgIpc) is 3.12. The minimum absolute atomic E-state index is 0.0683. The second-order valence-corrected chi connectivity index (χ2v) is 8.54. The molecule has 0 unspecified atom stereocenters. The van der Waals surface area contributed by atoms with Crippen molar-refractivity contribution in [3.8, 4) is 16.9 Å². The van der Waals surface area contributed by atoms with E-state index in [1.807, 2.05) is 24.1 Å². The van der Waals surface area contributed by atoms with Crippen LogP contribution in [0.2, 0.25) is 10.0 Å². The molecule has 0 spiro atoms. The molecular weight excluding hydrogens is 451 g/mol. The number of aromatic nitrogens is 2. The van der Waals surface area contributed by atoms with Gasteiger partial charge in [0.2, 0.25) is 0 Å². The van der Waals surface area contributed by atoms with Crippen molar-refractivity contribution >= 4 is 35.1 Å². The summed E-state index contributed by atoms with van der Waals surface area (Å²) in [5, 5.41) is 16.6. The zero-order chi connectivity index (χ0) is 22.8. The molecule has 1 aromatic heterocycles. The third kappa shape index (κ3) is 4.50. The Morgan fingerprint density at radius 3 is 2.34 bits per heavy atom. The van der Waals surface area contributed by atoms with Gasteiger partial charge in [-0.05, 0) is 50.1 Å². The smallest absolute Gasteiger partial charge is 0.335 e. The van der Waals surface area contributed by atoms with Crippen LogP contribution >= 0.6 is 23.2 Å². The van der Waals surface area contributed by atoms with Gasteiger partial charge in [-0.2, -0.15) is 5.10 Å². The van der Waals surface area contributed by atoms with Gasteiger partial charge in [0.1, 0.15) is 0 Å². The molecule has 4 rings (SSSR count). The number of benzene rings is 2. The molecule has 0 bridgehead atoms. The van der Waals surface area contributed by atoms with Crippen molar-refractivity contribution < 1.29 is 14.7 Å². The lowest BCUT2D eigenvalue weighted by atomic mass is 10.1. The van der Waals surface area contributed by atoms with Crippen molar-refractivity contribution in [2.45, 2.75) is 26.2 Å². The molecule has 3 aromatic rings. The van der Waals surface area contributed by atoms with Crippen molar-refractivity contribution in [2.24, 2.45) is 0 Å². The Morgan fingerprint density at radius 1 is 1.03 bits per heavy atom. The first-order valence-corrected chi connectivity index (χ1v) is 11.1. The standard InChI is InChI=1S/C23H22Cl2N4O3/c1-14-20(22(30)27-28-11-3-2-4-12-28)26-29(21(14)15-5-8-17(24)9-6-15)19-10-7-16(23(31)32)13-18(19)25/h5-10,13H,2-4,11-12H2,1H3,(H,27,30)(H,31,32). The third-order valence-corrected chi connectivity index (χ3v) is 6.05. The van der Waals surface area contributed by atoms with Gasteiger partial charge in [0.05, 0.1) is 22.0 Å². The summed E-state index contributed by atoms with van der Waals surface area (Å²) in [5.41, 5.74) is 5.93. The molecule has 0 aliphatic carbocycles. The van der Waals surface area contributed by atoms with Crippen LogP contribution in [0.15, 0.2) is 42.5 Å². The zero-order valence-electron chi connectivity index (χ0n) is 17.4. The number of nitrogens with zero attached hydrogens (tertiary/aromatic N) is 3. The molecular formula is C23H22Cl2N4O3. The maximum Gasteiger partial charge on any atom is 0.335 e. The number of carboxylic acid groups (broad SMARTS) is 1. The SMILES string of the molecule is Cc1c(C(=O)NN2CCCCC2)nn(-c2ccc(C(=O)O)cc2Cl)c1-c1ccc(Cl)cc1. The van der Waals surface area contributed by atoms with Crippen LogP contribution in [0.3, 0.4) is 0 Å². The summed E-state index contributed by atoms with van der Waals surface area (Å²) < 4.78 is 1.58. The van der Waals surface area contributed by atoms with E-state index in [0.717, 1.165) is 37.9 Å². The highest BCUT2D eigenvalue weighted by Gasteiger charge is 2.25. The van der Waals surface area contributed by atoms with Crippen LogP contribution in [-0.2, 0) is 0 Å². The van der Waals surface area contributed by atoms with Crippen molar-refractivity contribution in [2.75, 3.05) is 13.1 Å². The van der Waals surface area contributed by atoms with E-state index in [0.29, 0.717) is 22.0 Å². The van der Waals surface area contributed by atoms with E-state index >= 15 is 0 Å². The Kier molecular flexibility index (Phi) is 6.50. The van der Waals surface area contributed by atoms with Gasteiger partial charge in [-0.25, -0.2) is 14.5 Å². The molecule has 7 nitrogen and oxygen atoms in total. The van der Waals surface area contributed by atoms with Crippen molar-refractivity contribution in [1.29, 1.82) is 0 Å². The number of halogens is 2. The van der Waals surface area contributed by atoms with E-state index in [-0.39, 0.29) is 22.2 Å². The maximum absolute atomic E-state index is 13.1. The first kappa shape index (κ1) is 22.3. The molecule has 9 heteroatoms. The highest BCUT2D eigenvalue weighted by molar-refractivity contribution is 6.32. The number of carbonyl (C=O) groups is 2. The number of carboxylic acids is 1. The van der Waals surface area contributed by atoms with Crippen LogP contribution in [-0.4, -0.2) is 44.9 Å². The van der Waals surface area contributed by atoms with Crippen LogP contribution in [0.4, 0.5) is 0 Å². The average molecular weight is 473 g/mol. The van der Waals surface area contributed by atoms with Crippen molar-refractivity contribution in [1.82, 2.24) is 20.2 Å². The van der Waals surface area contributed by atoms with Gasteiger partial charge >= 0.3 is 5.97 Å². The van der Waals surface area contributed by atoms with E-state index < -0.39 is 5.97 Å². The molecule has 0 atom stereocenters. The summed E-state index contributed by atoms with van der Waals surface area (Å²) >= 11 is 12.5. The second kappa shape index (κ2) is 9.32. The normalized spacial score (nSPS) is 14.3. The molecule has 2 N–H and O–H groups in total. The fraction of sp³-hybridized carbons (Fsp3) is 0.261. The number of piperidine rings is 1. The minimum atomic E-state index is -1.07. The number of rotatable bonds is 5. The highest BCUT2D eigenvalue weighted by atomic mass is 35.5. The molecule has 32 heavy (non-hydrogen) atoms. The number of hydrazine groups is 1. The summed E-state index contributed by atoms with van der Waals surface area (Å²) in [6.07, 6.45) is 3.23. The first-order valence-electron chi connectivity index (χ1n) is 10.3. The molecule has 0 radical (unpaired) electrons. The predicted molar refractivity (Wildman–Crippen MR) is 124 cm³/mol. The van der Waals surface area contributed by atoms with Crippen molar-refractivity contribution in [3.63, 3.8) is 0 Å². The molecule has 1 saturated heterocycles. The Hall–Kier alpha value is -2.87. The first-order chi connectivity index (χ1) is 15.3. The Balaban J connectivity index is 1.81. The lowest BCUT2D eigenvalue weighted by Gasteiger charge is -2.26. The number of aromatic carboxylic acids is 1. The molecule has 2 aromatic carbocycles. The Bertz CT molecular complexity index is 1170. The minimum Gasteiger partial charge on any atom is -0.478 e. The van der Waals surface area contributed by atoms with Crippen molar-refractivity contribution in [3.05, 3.63) is 69.3 Å². The topological polar surface area (TPSA) is 87.5 Å². The van der Waals surface area contributed by atoms with E-state index in [1.54, 1.807) is 22.9 Å². The Labute approximate surface area is 195 Å². The highest BCUT2D eigenvalue weighted by Crippen LogP contribution is 2.32. The van der Waals surface area contributed by atoms with Crippen LogP contribution in [0, 0.1) is 6.92 Å². The number of hydrogen-bond donors (Lipinski definition) is 2. The fourth-order valence-corrected chi connectivity index (χ4v) is 4.23.